The molecule has 0 aliphatic rings. The largest absolute Gasteiger partial charge is 0.481 e. The van der Waals surface area contributed by atoms with Crippen LogP contribution in [0.5, 0.6) is 0 Å². The molecule has 0 spiro atoms. The SMILES string of the molecule is O=C(O)CSc1nc(-c2ccc(Cl)cc2)no1. The van der Waals surface area contributed by atoms with Crippen LogP contribution in [0.25, 0.3) is 11.4 Å². The molecule has 0 aliphatic carbocycles. The Hall–Kier alpha value is -1.53. The summed E-state index contributed by atoms with van der Waals surface area (Å²) in [5.41, 5.74) is 0.764. The zero-order chi connectivity index (χ0) is 12.3. The molecule has 0 amide bonds. The zero-order valence-electron chi connectivity index (χ0n) is 8.46. The number of nitrogens with zero attached hydrogens (tertiary/aromatic N) is 2. The van der Waals surface area contributed by atoms with Gasteiger partial charge in [0.05, 0.1) is 0 Å². The lowest BCUT2D eigenvalue weighted by Gasteiger charge is -1.93. The third-order valence-corrected chi connectivity index (χ3v) is 2.88. The van der Waals surface area contributed by atoms with Crippen LogP contribution < -0.4 is 0 Å². The molecule has 0 aliphatic heterocycles. The Balaban J connectivity index is 2.12. The van der Waals surface area contributed by atoms with Gasteiger partial charge in [-0.3, -0.25) is 4.79 Å². The second-order valence-electron chi connectivity index (χ2n) is 3.07. The average Bonchev–Trinajstić information content (AvgIpc) is 2.76. The number of rotatable bonds is 4. The minimum Gasteiger partial charge on any atom is -0.481 e. The van der Waals surface area contributed by atoms with Gasteiger partial charge >= 0.3 is 5.97 Å². The molecule has 1 heterocycles. The maximum Gasteiger partial charge on any atom is 0.314 e. The molecule has 0 radical (unpaired) electrons. The van der Waals surface area contributed by atoms with E-state index < -0.39 is 5.97 Å². The topological polar surface area (TPSA) is 76.2 Å². The number of aliphatic carboxylic acids is 1. The minimum atomic E-state index is -0.929. The number of carbonyl (C=O) groups is 1. The summed E-state index contributed by atoms with van der Waals surface area (Å²) >= 11 is 6.74. The summed E-state index contributed by atoms with van der Waals surface area (Å²) in [6, 6.07) is 6.96. The fourth-order valence-corrected chi connectivity index (χ4v) is 1.72. The molecule has 0 fully saturated rings. The molecule has 17 heavy (non-hydrogen) atoms. The smallest absolute Gasteiger partial charge is 0.314 e. The van der Waals surface area contributed by atoms with Gasteiger partial charge in [0.2, 0.25) is 5.82 Å². The highest BCUT2D eigenvalue weighted by atomic mass is 35.5. The van der Waals surface area contributed by atoms with Crippen molar-refractivity contribution >= 4 is 29.3 Å². The molecule has 0 unspecified atom stereocenters. The van der Waals surface area contributed by atoms with Crippen LogP contribution in [0.2, 0.25) is 5.02 Å². The summed E-state index contributed by atoms with van der Waals surface area (Å²) < 4.78 is 4.91. The molecule has 0 bridgehead atoms. The average molecular weight is 271 g/mol. The first-order valence-electron chi connectivity index (χ1n) is 4.59. The molecule has 5 nitrogen and oxygen atoms in total. The van der Waals surface area contributed by atoms with Crippen LogP contribution in [0.1, 0.15) is 0 Å². The van der Waals surface area contributed by atoms with Crippen molar-refractivity contribution in [1.82, 2.24) is 10.1 Å². The van der Waals surface area contributed by atoms with Crippen LogP contribution >= 0.6 is 23.4 Å². The molecule has 0 saturated heterocycles. The molecule has 88 valence electrons. The zero-order valence-corrected chi connectivity index (χ0v) is 10.0. The Morgan fingerprint density at radius 2 is 2.12 bits per heavy atom. The Kier molecular flexibility index (Phi) is 3.65. The monoisotopic (exact) mass is 270 g/mol. The first-order valence-corrected chi connectivity index (χ1v) is 5.96. The summed E-state index contributed by atoms with van der Waals surface area (Å²) in [7, 11) is 0. The van der Waals surface area contributed by atoms with Gasteiger partial charge in [0.25, 0.3) is 5.22 Å². The van der Waals surface area contributed by atoms with E-state index in [1.165, 1.54) is 0 Å². The minimum absolute atomic E-state index is 0.109. The predicted octanol–water partition coefficient (Wildman–Crippen LogP) is 2.57. The van der Waals surface area contributed by atoms with Crippen LogP contribution in [-0.2, 0) is 4.79 Å². The van der Waals surface area contributed by atoms with Crippen molar-refractivity contribution in [3.63, 3.8) is 0 Å². The van der Waals surface area contributed by atoms with Crippen LogP contribution in [0, 0.1) is 0 Å². The second kappa shape index (κ2) is 5.20. The number of hydrogen-bond donors (Lipinski definition) is 1. The Bertz CT molecular complexity index is 527. The molecule has 0 saturated carbocycles. The summed E-state index contributed by atoms with van der Waals surface area (Å²) in [6.07, 6.45) is 0. The Labute approximate surface area is 106 Å². The van der Waals surface area contributed by atoms with Crippen molar-refractivity contribution in [3.05, 3.63) is 29.3 Å². The number of aromatic nitrogens is 2. The standard InChI is InChI=1S/C10H7ClN2O3S/c11-7-3-1-6(2-4-7)9-12-10(16-13-9)17-5-8(14)15/h1-4H,5H2,(H,14,15). The predicted molar refractivity (Wildman–Crippen MR) is 63.1 cm³/mol. The molecule has 2 aromatic rings. The Morgan fingerprint density at radius 1 is 1.41 bits per heavy atom. The van der Waals surface area contributed by atoms with E-state index in [1.54, 1.807) is 24.3 Å². The van der Waals surface area contributed by atoms with Crippen molar-refractivity contribution < 1.29 is 14.4 Å². The fraction of sp³-hybridized carbons (Fsp3) is 0.100. The number of hydrogen-bond acceptors (Lipinski definition) is 5. The van der Waals surface area contributed by atoms with Gasteiger partial charge in [0.1, 0.15) is 5.75 Å². The highest BCUT2D eigenvalue weighted by molar-refractivity contribution is 7.99. The lowest BCUT2D eigenvalue weighted by molar-refractivity contribution is -0.133. The lowest BCUT2D eigenvalue weighted by atomic mass is 10.2. The third kappa shape index (κ3) is 3.21. The van der Waals surface area contributed by atoms with Crippen molar-refractivity contribution in [2.45, 2.75) is 5.22 Å². The molecule has 7 heteroatoms. The molecule has 0 atom stereocenters. The van der Waals surface area contributed by atoms with Crippen LogP contribution in [0.15, 0.2) is 34.0 Å². The highest BCUT2D eigenvalue weighted by Gasteiger charge is 2.10. The molecule has 2 rings (SSSR count). The maximum atomic E-state index is 10.4. The van der Waals surface area contributed by atoms with E-state index >= 15 is 0 Å². The van der Waals surface area contributed by atoms with Gasteiger partial charge in [-0.1, -0.05) is 28.5 Å². The van der Waals surface area contributed by atoms with E-state index in [-0.39, 0.29) is 11.0 Å². The molecule has 1 aromatic carbocycles. The highest BCUT2D eigenvalue weighted by Crippen LogP contribution is 2.22. The van der Waals surface area contributed by atoms with Crippen molar-refractivity contribution in [1.29, 1.82) is 0 Å². The van der Waals surface area contributed by atoms with Crippen molar-refractivity contribution in [2.75, 3.05) is 5.75 Å². The number of thioether (sulfide) groups is 1. The fourth-order valence-electron chi connectivity index (χ4n) is 1.11. The summed E-state index contributed by atoms with van der Waals surface area (Å²) in [4.78, 5) is 14.4. The van der Waals surface area contributed by atoms with E-state index in [2.05, 4.69) is 10.1 Å². The number of benzene rings is 1. The van der Waals surface area contributed by atoms with Gasteiger partial charge in [-0.2, -0.15) is 4.98 Å². The summed E-state index contributed by atoms with van der Waals surface area (Å²) in [5.74, 6) is -0.627. The summed E-state index contributed by atoms with van der Waals surface area (Å²) in [5, 5.41) is 13.1. The second-order valence-corrected chi connectivity index (χ2v) is 4.44. The number of carboxylic acids is 1. The first kappa shape index (κ1) is 11.9. The normalized spacial score (nSPS) is 10.4. The van der Waals surface area contributed by atoms with E-state index in [4.69, 9.17) is 21.2 Å². The molecular formula is C10H7ClN2O3S. The van der Waals surface area contributed by atoms with Gasteiger partial charge in [0, 0.05) is 10.6 Å². The quantitative estimate of drug-likeness (QED) is 0.861. The number of halogens is 1. The number of carboxylic acid groups (broad SMARTS) is 1. The van der Waals surface area contributed by atoms with Gasteiger partial charge < -0.3 is 9.63 Å². The maximum absolute atomic E-state index is 10.4. The van der Waals surface area contributed by atoms with Crippen LogP contribution in [0.3, 0.4) is 0 Å². The molecule has 1 aromatic heterocycles. The van der Waals surface area contributed by atoms with Gasteiger partial charge in [-0.05, 0) is 24.3 Å². The van der Waals surface area contributed by atoms with Crippen molar-refractivity contribution in [3.8, 4) is 11.4 Å². The van der Waals surface area contributed by atoms with Crippen molar-refractivity contribution in [2.24, 2.45) is 0 Å². The molecule has 1 N–H and O–H groups in total. The van der Waals surface area contributed by atoms with E-state index in [0.717, 1.165) is 17.3 Å². The van der Waals surface area contributed by atoms with Gasteiger partial charge in [0.15, 0.2) is 0 Å². The third-order valence-electron chi connectivity index (χ3n) is 1.83. The Morgan fingerprint density at radius 3 is 2.76 bits per heavy atom. The van der Waals surface area contributed by atoms with E-state index in [0.29, 0.717) is 10.8 Å². The first-order chi connectivity index (χ1) is 8.15. The van der Waals surface area contributed by atoms with Crippen LogP contribution in [-0.4, -0.2) is 27.0 Å². The van der Waals surface area contributed by atoms with Crippen LogP contribution in [0.4, 0.5) is 0 Å². The molecular weight excluding hydrogens is 264 g/mol. The van der Waals surface area contributed by atoms with Gasteiger partial charge in [-0.25, -0.2) is 0 Å². The van der Waals surface area contributed by atoms with Gasteiger partial charge in [-0.15, -0.1) is 0 Å². The summed E-state index contributed by atoms with van der Waals surface area (Å²) in [6.45, 7) is 0. The van der Waals surface area contributed by atoms with E-state index in [1.807, 2.05) is 0 Å². The van der Waals surface area contributed by atoms with E-state index in [9.17, 15) is 4.79 Å². The lowest BCUT2D eigenvalue weighted by Crippen LogP contribution is -1.97.